The van der Waals surface area contributed by atoms with Crippen molar-refractivity contribution in [2.75, 3.05) is 5.32 Å². The summed E-state index contributed by atoms with van der Waals surface area (Å²) in [4.78, 5) is 4.72. The van der Waals surface area contributed by atoms with Gasteiger partial charge in [0.2, 0.25) is 5.95 Å². The van der Waals surface area contributed by atoms with Crippen molar-refractivity contribution in [3.8, 4) is 0 Å². The second-order valence-electron chi connectivity index (χ2n) is 6.14. The summed E-state index contributed by atoms with van der Waals surface area (Å²) in [5.41, 5.74) is 4.96. The highest BCUT2D eigenvalue weighted by molar-refractivity contribution is 5.63. The Kier molecular flexibility index (Phi) is 4.00. The number of imidazole rings is 1. The van der Waals surface area contributed by atoms with E-state index in [1.165, 1.54) is 42.5 Å². The van der Waals surface area contributed by atoms with Crippen molar-refractivity contribution < 1.29 is 0 Å². The summed E-state index contributed by atoms with van der Waals surface area (Å²) in [6.45, 7) is 6.45. The first kappa shape index (κ1) is 14.2. The van der Waals surface area contributed by atoms with Crippen molar-refractivity contribution >= 4 is 11.6 Å². The van der Waals surface area contributed by atoms with E-state index in [-0.39, 0.29) is 0 Å². The highest BCUT2D eigenvalue weighted by Crippen LogP contribution is 2.34. The van der Waals surface area contributed by atoms with E-state index in [0.717, 1.165) is 18.1 Å². The molecule has 0 atom stereocenters. The molecule has 0 bridgehead atoms. The summed E-state index contributed by atoms with van der Waals surface area (Å²) in [5.74, 6) is 1.00. The van der Waals surface area contributed by atoms with Crippen LogP contribution in [-0.2, 0) is 6.42 Å². The van der Waals surface area contributed by atoms with Crippen LogP contribution in [0, 0.1) is 13.8 Å². The quantitative estimate of drug-likeness (QED) is 0.863. The zero-order valence-corrected chi connectivity index (χ0v) is 13.3. The summed E-state index contributed by atoms with van der Waals surface area (Å²) >= 11 is 0. The van der Waals surface area contributed by atoms with Gasteiger partial charge in [-0.05, 0) is 44.2 Å². The van der Waals surface area contributed by atoms with Crippen LogP contribution in [0.2, 0.25) is 0 Å². The minimum absolute atomic E-state index is 0.614. The standard InChI is InChI=1S/C18H25N3/c1-4-15-9-7-8-13(2)17(15)20-18-19-14(3)12-21(18)16-10-5-6-11-16/h7-9,12,16H,4-6,10-11H2,1-3H3,(H,19,20). The minimum atomic E-state index is 0.614. The summed E-state index contributed by atoms with van der Waals surface area (Å²) in [6, 6.07) is 7.11. The third-order valence-corrected chi connectivity index (χ3v) is 4.55. The van der Waals surface area contributed by atoms with E-state index in [1.807, 2.05) is 0 Å². The number of aryl methyl sites for hydroxylation is 3. The number of hydrogen-bond acceptors (Lipinski definition) is 2. The van der Waals surface area contributed by atoms with Crippen molar-refractivity contribution in [2.45, 2.75) is 58.9 Å². The average molecular weight is 283 g/mol. The van der Waals surface area contributed by atoms with Gasteiger partial charge in [0.1, 0.15) is 0 Å². The van der Waals surface area contributed by atoms with Gasteiger partial charge in [0, 0.05) is 17.9 Å². The number of hydrogen-bond donors (Lipinski definition) is 1. The lowest BCUT2D eigenvalue weighted by Gasteiger charge is -2.18. The fraction of sp³-hybridized carbons (Fsp3) is 0.500. The van der Waals surface area contributed by atoms with E-state index in [1.54, 1.807) is 0 Å². The van der Waals surface area contributed by atoms with Crippen LogP contribution < -0.4 is 5.32 Å². The van der Waals surface area contributed by atoms with Gasteiger partial charge in [-0.3, -0.25) is 0 Å². The van der Waals surface area contributed by atoms with Gasteiger partial charge < -0.3 is 9.88 Å². The van der Waals surface area contributed by atoms with E-state index >= 15 is 0 Å². The highest BCUT2D eigenvalue weighted by atomic mass is 15.2. The zero-order valence-electron chi connectivity index (χ0n) is 13.3. The van der Waals surface area contributed by atoms with Gasteiger partial charge in [0.25, 0.3) is 0 Å². The molecule has 0 saturated heterocycles. The van der Waals surface area contributed by atoms with Crippen molar-refractivity contribution in [1.82, 2.24) is 9.55 Å². The fourth-order valence-corrected chi connectivity index (χ4v) is 3.38. The topological polar surface area (TPSA) is 29.9 Å². The van der Waals surface area contributed by atoms with Gasteiger partial charge in [0.15, 0.2) is 0 Å². The molecule has 0 aliphatic heterocycles. The number of anilines is 2. The third kappa shape index (κ3) is 2.82. The number of nitrogens with one attached hydrogen (secondary N) is 1. The minimum Gasteiger partial charge on any atom is -0.325 e. The Morgan fingerprint density at radius 2 is 2.00 bits per heavy atom. The number of nitrogens with zero attached hydrogens (tertiary/aromatic N) is 2. The van der Waals surface area contributed by atoms with Gasteiger partial charge in [-0.15, -0.1) is 0 Å². The van der Waals surface area contributed by atoms with Crippen LogP contribution in [0.4, 0.5) is 11.6 Å². The smallest absolute Gasteiger partial charge is 0.207 e. The molecule has 1 N–H and O–H groups in total. The van der Waals surface area contributed by atoms with E-state index in [4.69, 9.17) is 4.98 Å². The number of benzene rings is 1. The second kappa shape index (κ2) is 5.92. The molecule has 0 spiro atoms. The molecule has 1 aliphatic rings. The van der Waals surface area contributed by atoms with Gasteiger partial charge in [-0.25, -0.2) is 4.98 Å². The fourth-order valence-electron chi connectivity index (χ4n) is 3.38. The van der Waals surface area contributed by atoms with Crippen LogP contribution in [0.25, 0.3) is 0 Å². The maximum Gasteiger partial charge on any atom is 0.207 e. The molecule has 3 rings (SSSR count). The summed E-state index contributed by atoms with van der Waals surface area (Å²) in [7, 11) is 0. The lowest BCUT2D eigenvalue weighted by Crippen LogP contribution is -2.09. The van der Waals surface area contributed by atoms with Crippen molar-refractivity contribution in [3.05, 3.63) is 41.2 Å². The van der Waals surface area contributed by atoms with Crippen LogP contribution in [0.3, 0.4) is 0 Å². The molecule has 3 heteroatoms. The summed E-state index contributed by atoms with van der Waals surface area (Å²) < 4.78 is 2.36. The predicted molar refractivity (Wildman–Crippen MR) is 88.3 cm³/mol. The molecule has 1 heterocycles. The summed E-state index contributed by atoms with van der Waals surface area (Å²) in [6.07, 6.45) is 8.46. The Balaban J connectivity index is 1.95. The summed E-state index contributed by atoms with van der Waals surface area (Å²) in [5, 5.41) is 3.61. The number of rotatable bonds is 4. The number of para-hydroxylation sites is 1. The van der Waals surface area contributed by atoms with Crippen LogP contribution in [0.1, 0.15) is 55.5 Å². The molecule has 112 valence electrons. The van der Waals surface area contributed by atoms with Crippen molar-refractivity contribution in [1.29, 1.82) is 0 Å². The Hall–Kier alpha value is -1.77. The van der Waals surface area contributed by atoms with Crippen molar-refractivity contribution in [2.24, 2.45) is 0 Å². The van der Waals surface area contributed by atoms with Crippen molar-refractivity contribution in [3.63, 3.8) is 0 Å². The molecular formula is C18H25N3. The SMILES string of the molecule is CCc1cccc(C)c1Nc1nc(C)cn1C1CCCC1. The van der Waals surface area contributed by atoms with Crippen LogP contribution in [0.15, 0.2) is 24.4 Å². The van der Waals surface area contributed by atoms with Gasteiger partial charge in [-0.1, -0.05) is 38.0 Å². The molecule has 1 aromatic carbocycles. The lowest BCUT2D eigenvalue weighted by atomic mass is 10.1. The molecule has 21 heavy (non-hydrogen) atoms. The van der Waals surface area contributed by atoms with Gasteiger partial charge in [-0.2, -0.15) is 0 Å². The normalized spacial score (nSPS) is 15.6. The van der Waals surface area contributed by atoms with E-state index in [2.05, 4.69) is 55.1 Å². The Labute approximate surface area is 127 Å². The Bertz CT molecular complexity index is 621. The molecule has 1 aromatic heterocycles. The van der Waals surface area contributed by atoms with Crippen LogP contribution in [-0.4, -0.2) is 9.55 Å². The maximum atomic E-state index is 4.72. The Morgan fingerprint density at radius 3 is 2.71 bits per heavy atom. The van der Waals surface area contributed by atoms with Gasteiger partial charge in [0.05, 0.1) is 5.69 Å². The molecule has 3 nitrogen and oxygen atoms in total. The maximum absolute atomic E-state index is 4.72. The predicted octanol–water partition coefficient (Wildman–Crippen LogP) is 4.92. The monoisotopic (exact) mass is 283 g/mol. The second-order valence-corrected chi connectivity index (χ2v) is 6.14. The molecule has 1 aliphatic carbocycles. The molecule has 1 fully saturated rings. The van der Waals surface area contributed by atoms with Crippen LogP contribution in [0.5, 0.6) is 0 Å². The Morgan fingerprint density at radius 1 is 1.24 bits per heavy atom. The molecule has 0 amide bonds. The van der Waals surface area contributed by atoms with Gasteiger partial charge >= 0.3 is 0 Å². The highest BCUT2D eigenvalue weighted by Gasteiger charge is 2.20. The third-order valence-electron chi connectivity index (χ3n) is 4.55. The zero-order chi connectivity index (χ0) is 14.8. The average Bonchev–Trinajstić information content (AvgIpc) is 3.10. The van der Waals surface area contributed by atoms with E-state index in [9.17, 15) is 0 Å². The largest absolute Gasteiger partial charge is 0.325 e. The molecule has 0 unspecified atom stereocenters. The first-order valence-corrected chi connectivity index (χ1v) is 8.10. The number of aromatic nitrogens is 2. The first-order chi connectivity index (χ1) is 10.2. The molecule has 2 aromatic rings. The molecular weight excluding hydrogens is 258 g/mol. The van der Waals surface area contributed by atoms with E-state index in [0.29, 0.717) is 6.04 Å². The first-order valence-electron chi connectivity index (χ1n) is 8.10. The lowest BCUT2D eigenvalue weighted by molar-refractivity contribution is 0.524. The van der Waals surface area contributed by atoms with E-state index < -0.39 is 0 Å². The van der Waals surface area contributed by atoms with Crippen LogP contribution >= 0.6 is 0 Å². The molecule has 1 saturated carbocycles. The molecule has 0 radical (unpaired) electrons.